The molecule has 0 aliphatic carbocycles. The smallest absolute Gasteiger partial charge is 0.223 e. The predicted octanol–water partition coefficient (Wildman–Crippen LogP) is 2.07. The zero-order valence-electron chi connectivity index (χ0n) is 15.7. The highest BCUT2D eigenvalue weighted by atomic mass is 32.2. The summed E-state index contributed by atoms with van der Waals surface area (Å²) in [6.07, 6.45) is 6.32. The lowest BCUT2D eigenvalue weighted by Crippen LogP contribution is -2.42. The van der Waals surface area contributed by atoms with Crippen LogP contribution in [0.15, 0.2) is 18.5 Å². The molecule has 0 atom stereocenters. The van der Waals surface area contributed by atoms with E-state index in [0.29, 0.717) is 25.1 Å². The van der Waals surface area contributed by atoms with E-state index in [1.165, 1.54) is 10.6 Å². The Morgan fingerprint density at radius 2 is 1.92 bits per heavy atom. The number of piperidine rings is 1. The Bertz CT molecular complexity index is 869. The molecule has 0 aromatic carbocycles. The van der Waals surface area contributed by atoms with Crippen molar-refractivity contribution in [3.05, 3.63) is 24.3 Å². The summed E-state index contributed by atoms with van der Waals surface area (Å²) in [5.41, 5.74) is 1.79. The zero-order valence-corrected chi connectivity index (χ0v) is 16.5. The predicted molar refractivity (Wildman–Crippen MR) is 101 cm³/mol. The van der Waals surface area contributed by atoms with Gasteiger partial charge in [-0.1, -0.05) is 0 Å². The van der Waals surface area contributed by atoms with Gasteiger partial charge in [0.15, 0.2) is 0 Å². The van der Waals surface area contributed by atoms with E-state index in [1.807, 2.05) is 19.2 Å². The van der Waals surface area contributed by atoms with Crippen LogP contribution in [0.3, 0.4) is 0 Å². The van der Waals surface area contributed by atoms with Gasteiger partial charge in [0.05, 0.1) is 23.8 Å². The summed E-state index contributed by atoms with van der Waals surface area (Å²) in [6, 6.07) is 2.34. The van der Waals surface area contributed by atoms with E-state index >= 15 is 0 Å². The molecular weight excluding hydrogens is 352 g/mol. The third kappa shape index (κ3) is 4.04. The van der Waals surface area contributed by atoms with Crippen LogP contribution in [0.1, 0.15) is 38.6 Å². The monoisotopic (exact) mass is 378 g/mol. The van der Waals surface area contributed by atoms with Gasteiger partial charge in [-0.2, -0.15) is 0 Å². The molecule has 8 nitrogen and oxygen atoms in total. The summed E-state index contributed by atoms with van der Waals surface area (Å²) in [6.45, 7) is 7.27. The fraction of sp³-hybridized carbons (Fsp3) is 0.588. The Hall–Kier alpha value is -2.00. The Kier molecular flexibility index (Phi) is 5.29. The summed E-state index contributed by atoms with van der Waals surface area (Å²) in [4.78, 5) is 13.4. The highest BCUT2D eigenvalue weighted by Gasteiger charge is 2.25. The van der Waals surface area contributed by atoms with Crippen LogP contribution in [-0.4, -0.2) is 57.6 Å². The SMILES string of the molecule is Cc1ncc(-c2ccnc(NC3CCN(S(C)(=O)=O)CC3)n2)n1C(C)C. The average molecular weight is 379 g/mol. The molecule has 142 valence electrons. The molecule has 9 heteroatoms. The Morgan fingerprint density at radius 3 is 2.54 bits per heavy atom. The van der Waals surface area contributed by atoms with Crippen molar-refractivity contribution >= 4 is 16.0 Å². The van der Waals surface area contributed by atoms with E-state index in [2.05, 4.69) is 38.7 Å². The van der Waals surface area contributed by atoms with Gasteiger partial charge < -0.3 is 9.88 Å². The first-order chi connectivity index (χ1) is 12.3. The van der Waals surface area contributed by atoms with Gasteiger partial charge >= 0.3 is 0 Å². The highest BCUT2D eigenvalue weighted by molar-refractivity contribution is 7.88. The molecule has 0 bridgehead atoms. The van der Waals surface area contributed by atoms with E-state index in [-0.39, 0.29) is 6.04 Å². The van der Waals surface area contributed by atoms with Crippen molar-refractivity contribution in [1.29, 1.82) is 0 Å². The first-order valence-corrected chi connectivity index (χ1v) is 10.7. The molecule has 2 aromatic heterocycles. The summed E-state index contributed by atoms with van der Waals surface area (Å²) >= 11 is 0. The minimum absolute atomic E-state index is 0.167. The minimum Gasteiger partial charge on any atom is -0.351 e. The molecule has 1 N–H and O–H groups in total. The van der Waals surface area contributed by atoms with E-state index in [4.69, 9.17) is 0 Å². The first-order valence-electron chi connectivity index (χ1n) is 8.84. The quantitative estimate of drug-likeness (QED) is 0.856. The van der Waals surface area contributed by atoms with E-state index < -0.39 is 10.0 Å². The van der Waals surface area contributed by atoms with Gasteiger partial charge in [-0.3, -0.25) is 0 Å². The van der Waals surface area contributed by atoms with E-state index in [9.17, 15) is 8.42 Å². The fourth-order valence-corrected chi connectivity index (χ4v) is 4.25. The lowest BCUT2D eigenvalue weighted by Gasteiger charge is -2.30. The van der Waals surface area contributed by atoms with Crippen LogP contribution in [0.25, 0.3) is 11.4 Å². The van der Waals surface area contributed by atoms with Crippen LogP contribution in [0, 0.1) is 6.92 Å². The lowest BCUT2D eigenvalue weighted by atomic mass is 10.1. The van der Waals surface area contributed by atoms with Gasteiger partial charge in [-0.15, -0.1) is 0 Å². The molecule has 0 saturated carbocycles. The van der Waals surface area contributed by atoms with Gasteiger partial charge in [0.1, 0.15) is 5.82 Å². The number of hydrogen-bond donors (Lipinski definition) is 1. The molecular formula is C17H26N6O2S. The number of nitrogens with one attached hydrogen (secondary N) is 1. The van der Waals surface area contributed by atoms with Crippen molar-refractivity contribution in [3.8, 4) is 11.4 Å². The third-order valence-corrected chi connectivity index (χ3v) is 5.98. The maximum atomic E-state index is 11.6. The number of aryl methyl sites for hydroxylation is 1. The summed E-state index contributed by atoms with van der Waals surface area (Å²) < 4.78 is 26.9. The molecule has 0 radical (unpaired) electrons. The molecule has 0 unspecified atom stereocenters. The maximum Gasteiger partial charge on any atom is 0.223 e. The molecule has 0 amide bonds. The molecule has 0 spiro atoms. The number of sulfonamides is 1. The lowest BCUT2D eigenvalue weighted by molar-refractivity contribution is 0.331. The maximum absolute atomic E-state index is 11.6. The molecule has 26 heavy (non-hydrogen) atoms. The van der Waals surface area contributed by atoms with Crippen LogP contribution in [0.5, 0.6) is 0 Å². The third-order valence-electron chi connectivity index (χ3n) is 4.67. The van der Waals surface area contributed by atoms with Gasteiger partial charge in [-0.05, 0) is 39.7 Å². The van der Waals surface area contributed by atoms with Crippen molar-refractivity contribution in [2.45, 2.75) is 45.7 Å². The molecule has 2 aromatic rings. The minimum atomic E-state index is -3.11. The van der Waals surface area contributed by atoms with Gasteiger partial charge in [0, 0.05) is 31.4 Å². The molecule has 3 rings (SSSR count). The topological polar surface area (TPSA) is 93.0 Å². The molecule has 1 aliphatic rings. The van der Waals surface area contributed by atoms with Crippen molar-refractivity contribution in [1.82, 2.24) is 23.8 Å². The molecule has 1 aliphatic heterocycles. The largest absolute Gasteiger partial charge is 0.351 e. The highest BCUT2D eigenvalue weighted by Crippen LogP contribution is 2.24. The zero-order chi connectivity index (χ0) is 18.9. The van der Waals surface area contributed by atoms with E-state index in [1.54, 1.807) is 6.20 Å². The molecule has 3 heterocycles. The van der Waals surface area contributed by atoms with Crippen LogP contribution >= 0.6 is 0 Å². The fourth-order valence-electron chi connectivity index (χ4n) is 3.38. The molecule has 1 saturated heterocycles. The van der Waals surface area contributed by atoms with Crippen molar-refractivity contribution in [2.75, 3.05) is 24.7 Å². The number of rotatable bonds is 5. The van der Waals surface area contributed by atoms with Crippen LogP contribution in [0.2, 0.25) is 0 Å². The second-order valence-corrected chi connectivity index (χ2v) is 8.98. The van der Waals surface area contributed by atoms with Crippen LogP contribution in [0.4, 0.5) is 5.95 Å². The number of anilines is 1. The number of imidazole rings is 1. The Labute approximate surface area is 154 Å². The van der Waals surface area contributed by atoms with Crippen molar-refractivity contribution < 1.29 is 8.42 Å². The number of hydrogen-bond acceptors (Lipinski definition) is 6. The van der Waals surface area contributed by atoms with Crippen LogP contribution < -0.4 is 5.32 Å². The van der Waals surface area contributed by atoms with Gasteiger partial charge in [0.2, 0.25) is 16.0 Å². The van der Waals surface area contributed by atoms with Crippen LogP contribution in [-0.2, 0) is 10.0 Å². The number of nitrogens with zero attached hydrogens (tertiary/aromatic N) is 5. The Morgan fingerprint density at radius 1 is 1.23 bits per heavy atom. The standard InChI is InChI=1S/C17H26N6O2S/c1-12(2)23-13(3)19-11-16(23)15-5-8-18-17(21-15)20-14-6-9-22(10-7-14)26(4,24)25/h5,8,11-12,14H,6-7,9-10H2,1-4H3,(H,18,20,21). The van der Waals surface area contributed by atoms with Crippen molar-refractivity contribution in [3.63, 3.8) is 0 Å². The summed E-state index contributed by atoms with van der Waals surface area (Å²) in [5.74, 6) is 1.52. The summed E-state index contributed by atoms with van der Waals surface area (Å²) in [5, 5.41) is 3.35. The van der Waals surface area contributed by atoms with E-state index in [0.717, 1.165) is 30.1 Å². The number of aromatic nitrogens is 4. The Balaban J connectivity index is 1.73. The average Bonchev–Trinajstić information content (AvgIpc) is 2.97. The van der Waals surface area contributed by atoms with Gasteiger partial charge in [0.25, 0.3) is 0 Å². The second kappa shape index (κ2) is 7.32. The first kappa shape index (κ1) is 18.8. The second-order valence-electron chi connectivity index (χ2n) is 7.00. The van der Waals surface area contributed by atoms with Crippen molar-refractivity contribution in [2.24, 2.45) is 0 Å². The molecule has 1 fully saturated rings. The summed E-state index contributed by atoms with van der Waals surface area (Å²) in [7, 11) is -3.11. The van der Waals surface area contributed by atoms with Gasteiger partial charge in [-0.25, -0.2) is 27.7 Å². The normalized spacial score (nSPS) is 17.0.